The largest absolute Gasteiger partial charge is 0.309 e. The van der Waals surface area contributed by atoms with Gasteiger partial charge in [0.15, 0.2) is 0 Å². The minimum absolute atomic E-state index is 0.957. The molecule has 0 saturated carbocycles. The Morgan fingerprint density at radius 3 is 2.28 bits per heavy atom. The highest BCUT2D eigenvalue weighted by molar-refractivity contribution is 7.12. The average molecular weight is 259 g/mol. The molecule has 0 fully saturated rings. The maximum atomic E-state index is 3.55. The van der Waals surface area contributed by atoms with Gasteiger partial charge in [-0.25, -0.2) is 0 Å². The van der Waals surface area contributed by atoms with Crippen LogP contribution in [0.3, 0.4) is 0 Å². The Hall–Kier alpha value is -1.12. The molecule has 1 heterocycles. The van der Waals surface area contributed by atoms with Crippen LogP contribution >= 0.6 is 11.3 Å². The van der Waals surface area contributed by atoms with E-state index in [4.69, 9.17) is 0 Å². The molecule has 2 aromatic rings. The predicted octanol–water partition coefficient (Wildman–Crippen LogP) is 4.22. The molecule has 1 N–H and O–H groups in total. The molecule has 1 aromatic carbocycles. The number of aryl methyl sites for hydroxylation is 3. The van der Waals surface area contributed by atoms with E-state index in [1.165, 1.54) is 26.4 Å². The molecule has 0 saturated heterocycles. The average Bonchev–Trinajstić information content (AvgIpc) is 2.68. The fourth-order valence-electron chi connectivity index (χ4n) is 2.27. The second-order valence-corrected chi connectivity index (χ2v) is 6.12. The lowest BCUT2D eigenvalue weighted by Crippen LogP contribution is -2.14. The normalized spacial score (nSPS) is 10.8. The lowest BCUT2D eigenvalue weighted by molar-refractivity contribution is 0.687. The van der Waals surface area contributed by atoms with Gasteiger partial charge in [0, 0.05) is 22.8 Å². The first-order valence-electron chi connectivity index (χ1n) is 6.54. The van der Waals surface area contributed by atoms with E-state index in [2.05, 4.69) is 56.4 Å². The van der Waals surface area contributed by atoms with Gasteiger partial charge in [-0.1, -0.05) is 31.2 Å². The lowest BCUT2D eigenvalue weighted by atomic mass is 10.1. The molecule has 0 unspecified atom stereocenters. The van der Waals surface area contributed by atoms with Crippen LogP contribution in [0.2, 0.25) is 0 Å². The van der Waals surface area contributed by atoms with E-state index in [-0.39, 0.29) is 0 Å². The second kappa shape index (κ2) is 6.17. The van der Waals surface area contributed by atoms with Crippen molar-refractivity contribution in [2.24, 2.45) is 0 Å². The molecule has 1 aromatic heterocycles. The molecular weight excluding hydrogens is 238 g/mol. The van der Waals surface area contributed by atoms with Crippen molar-refractivity contribution in [1.29, 1.82) is 0 Å². The third-order valence-corrected chi connectivity index (χ3v) is 4.28. The zero-order valence-electron chi connectivity index (χ0n) is 11.4. The Labute approximate surface area is 114 Å². The molecule has 0 atom stereocenters. The van der Waals surface area contributed by atoms with Crippen molar-refractivity contribution >= 4 is 11.3 Å². The maximum Gasteiger partial charge on any atom is 0.0219 e. The van der Waals surface area contributed by atoms with Gasteiger partial charge in [0.25, 0.3) is 0 Å². The molecule has 0 aliphatic carbocycles. The van der Waals surface area contributed by atoms with Gasteiger partial charge in [-0.3, -0.25) is 0 Å². The van der Waals surface area contributed by atoms with Crippen LogP contribution in [-0.4, -0.2) is 0 Å². The zero-order valence-corrected chi connectivity index (χ0v) is 12.2. The highest BCUT2D eigenvalue weighted by Gasteiger charge is 2.03. The van der Waals surface area contributed by atoms with Gasteiger partial charge in [-0.15, -0.1) is 11.3 Å². The molecule has 0 aliphatic rings. The number of benzene rings is 1. The van der Waals surface area contributed by atoms with Crippen LogP contribution in [0.15, 0.2) is 30.3 Å². The molecule has 0 amide bonds. The molecule has 2 heteroatoms. The summed E-state index contributed by atoms with van der Waals surface area (Å²) in [5.41, 5.74) is 4.30. The van der Waals surface area contributed by atoms with E-state index in [0.717, 1.165) is 19.5 Å². The van der Waals surface area contributed by atoms with Crippen LogP contribution in [0, 0.1) is 13.8 Å². The minimum Gasteiger partial charge on any atom is -0.309 e. The molecule has 96 valence electrons. The Morgan fingerprint density at radius 1 is 1.00 bits per heavy atom. The molecule has 0 spiro atoms. The van der Waals surface area contributed by atoms with E-state index in [1.54, 1.807) is 0 Å². The van der Waals surface area contributed by atoms with Gasteiger partial charge in [0.05, 0.1) is 0 Å². The highest BCUT2D eigenvalue weighted by atomic mass is 32.1. The van der Waals surface area contributed by atoms with Crippen molar-refractivity contribution in [2.45, 2.75) is 40.3 Å². The van der Waals surface area contributed by atoms with Crippen LogP contribution in [0.4, 0.5) is 0 Å². The van der Waals surface area contributed by atoms with E-state index in [0.29, 0.717) is 0 Å². The fraction of sp³-hybridized carbons (Fsp3) is 0.375. The molecule has 2 rings (SSSR count). The predicted molar refractivity (Wildman–Crippen MR) is 80.2 cm³/mol. The van der Waals surface area contributed by atoms with E-state index in [9.17, 15) is 0 Å². The topological polar surface area (TPSA) is 12.0 Å². The highest BCUT2D eigenvalue weighted by Crippen LogP contribution is 2.20. The monoisotopic (exact) mass is 259 g/mol. The molecule has 0 radical (unpaired) electrons. The number of thiophene rings is 1. The summed E-state index contributed by atoms with van der Waals surface area (Å²) >= 11 is 1.88. The van der Waals surface area contributed by atoms with E-state index >= 15 is 0 Å². The Kier molecular flexibility index (Phi) is 4.56. The summed E-state index contributed by atoms with van der Waals surface area (Å²) in [6.07, 6.45) is 1.11. The number of hydrogen-bond donors (Lipinski definition) is 1. The minimum atomic E-state index is 0.957. The first kappa shape index (κ1) is 13.3. The molecule has 0 bridgehead atoms. The van der Waals surface area contributed by atoms with Crippen LogP contribution in [0.5, 0.6) is 0 Å². The smallest absolute Gasteiger partial charge is 0.0219 e. The van der Waals surface area contributed by atoms with E-state index in [1.807, 2.05) is 11.3 Å². The standard InChI is InChI=1S/C16H21NS/c1-4-14-7-5-6-8-15(14)10-17-11-16-9-12(2)18-13(16)3/h5-9,17H,4,10-11H2,1-3H3. The number of rotatable bonds is 5. The first-order chi connectivity index (χ1) is 8.70. The van der Waals surface area contributed by atoms with E-state index < -0.39 is 0 Å². The van der Waals surface area contributed by atoms with Gasteiger partial charge in [-0.2, -0.15) is 0 Å². The van der Waals surface area contributed by atoms with Crippen LogP contribution < -0.4 is 5.32 Å². The summed E-state index contributed by atoms with van der Waals surface area (Å²) in [6, 6.07) is 11.0. The SMILES string of the molecule is CCc1ccccc1CNCc1cc(C)sc1C. The second-order valence-electron chi connectivity index (χ2n) is 4.66. The van der Waals surface area contributed by atoms with Crippen molar-refractivity contribution in [3.63, 3.8) is 0 Å². The van der Waals surface area contributed by atoms with Gasteiger partial charge in [0.2, 0.25) is 0 Å². The number of hydrogen-bond acceptors (Lipinski definition) is 2. The summed E-state index contributed by atoms with van der Waals surface area (Å²) in [5.74, 6) is 0. The van der Waals surface area contributed by atoms with Gasteiger partial charge < -0.3 is 5.32 Å². The Bertz CT molecular complexity index is 514. The van der Waals surface area contributed by atoms with Crippen molar-refractivity contribution in [2.75, 3.05) is 0 Å². The molecule has 0 aliphatic heterocycles. The van der Waals surface area contributed by atoms with Crippen LogP contribution in [-0.2, 0) is 19.5 Å². The van der Waals surface area contributed by atoms with Crippen LogP contribution in [0.25, 0.3) is 0 Å². The van der Waals surface area contributed by atoms with Gasteiger partial charge in [0.1, 0.15) is 0 Å². The summed E-state index contributed by atoms with van der Waals surface area (Å²) in [4.78, 5) is 2.84. The third-order valence-electron chi connectivity index (χ3n) is 3.27. The summed E-state index contributed by atoms with van der Waals surface area (Å²) in [5, 5.41) is 3.55. The van der Waals surface area contributed by atoms with Crippen LogP contribution in [0.1, 0.15) is 33.4 Å². The Balaban J connectivity index is 1.94. The van der Waals surface area contributed by atoms with Crippen molar-refractivity contribution in [1.82, 2.24) is 5.32 Å². The lowest BCUT2D eigenvalue weighted by Gasteiger charge is -2.09. The quantitative estimate of drug-likeness (QED) is 0.848. The van der Waals surface area contributed by atoms with Crippen molar-refractivity contribution in [3.05, 3.63) is 56.8 Å². The molecular formula is C16H21NS. The zero-order chi connectivity index (χ0) is 13.0. The molecule has 18 heavy (non-hydrogen) atoms. The first-order valence-corrected chi connectivity index (χ1v) is 7.35. The molecule has 1 nitrogen and oxygen atoms in total. The fourth-order valence-corrected chi connectivity index (χ4v) is 3.21. The van der Waals surface area contributed by atoms with Gasteiger partial charge in [-0.05, 0) is 43.0 Å². The third kappa shape index (κ3) is 3.21. The van der Waals surface area contributed by atoms with Gasteiger partial charge >= 0.3 is 0 Å². The summed E-state index contributed by atoms with van der Waals surface area (Å²) < 4.78 is 0. The number of nitrogens with one attached hydrogen (secondary N) is 1. The van der Waals surface area contributed by atoms with Crippen molar-refractivity contribution < 1.29 is 0 Å². The Morgan fingerprint density at radius 2 is 1.67 bits per heavy atom. The maximum absolute atomic E-state index is 3.55. The summed E-state index contributed by atoms with van der Waals surface area (Å²) in [6.45, 7) is 8.51. The van der Waals surface area contributed by atoms with Crippen molar-refractivity contribution in [3.8, 4) is 0 Å². The summed E-state index contributed by atoms with van der Waals surface area (Å²) in [7, 11) is 0.